The zero-order valence-corrected chi connectivity index (χ0v) is 19.1. The maximum Gasteiger partial charge on any atom is 0.246 e. The molecule has 1 N–H and O–H groups in total. The number of hydrogen-bond acceptors (Lipinski definition) is 2. The Labute approximate surface area is 185 Å². The van der Waals surface area contributed by atoms with Crippen LogP contribution in [0.25, 0.3) is 0 Å². The second-order valence-electron chi connectivity index (χ2n) is 10.9. The van der Waals surface area contributed by atoms with Gasteiger partial charge in [-0.05, 0) is 91.4 Å². The summed E-state index contributed by atoms with van der Waals surface area (Å²) in [4.78, 5) is 14.7. The van der Waals surface area contributed by atoms with Gasteiger partial charge in [-0.3, -0.25) is 4.79 Å². The van der Waals surface area contributed by atoms with Crippen LogP contribution >= 0.6 is 11.6 Å². The fraction of sp³-hybridized carbons (Fsp3) is 0.654. The number of carbonyl (C=O) groups excluding carboxylic acids is 1. The Morgan fingerprint density at radius 3 is 2.60 bits per heavy atom. The summed E-state index contributed by atoms with van der Waals surface area (Å²) >= 11 is 6.12. The molecule has 3 aliphatic carbocycles. The van der Waals surface area contributed by atoms with Gasteiger partial charge in [-0.2, -0.15) is 0 Å². The summed E-state index contributed by atoms with van der Waals surface area (Å²) in [5.74, 6) is 2.34. The fourth-order valence-corrected chi connectivity index (χ4v) is 8.27. The highest BCUT2D eigenvalue weighted by Gasteiger charge is 2.62. The van der Waals surface area contributed by atoms with Gasteiger partial charge in [-0.1, -0.05) is 43.7 Å². The monoisotopic (exact) mass is 427 g/mol. The SMILES string of the molecule is CN1C(=O)C=C[C@@]2(C)C1C(Cc1ccc(Cl)cc1)C[C@@H]1[C@H]2CC[C@]2(C)C(O)CC[C@@H]12. The first-order valence-corrected chi connectivity index (χ1v) is 12.0. The first-order valence-electron chi connectivity index (χ1n) is 11.6. The molecule has 0 spiro atoms. The number of likely N-dealkylation sites (N-methyl/N-ethyl adjacent to an activating group) is 1. The van der Waals surface area contributed by atoms with Crippen LogP contribution in [0.3, 0.4) is 0 Å². The van der Waals surface area contributed by atoms with E-state index in [1.165, 1.54) is 5.56 Å². The molecule has 3 saturated carbocycles. The average Bonchev–Trinajstić information content (AvgIpc) is 3.02. The molecule has 1 amide bonds. The van der Waals surface area contributed by atoms with Gasteiger partial charge in [0.2, 0.25) is 5.91 Å². The summed E-state index contributed by atoms with van der Waals surface area (Å²) < 4.78 is 0. The van der Waals surface area contributed by atoms with E-state index in [1.54, 1.807) is 0 Å². The number of aliphatic hydroxyl groups excluding tert-OH is 1. The van der Waals surface area contributed by atoms with Gasteiger partial charge in [0.25, 0.3) is 0 Å². The van der Waals surface area contributed by atoms with E-state index < -0.39 is 0 Å². The quantitative estimate of drug-likeness (QED) is 0.712. The molecule has 3 nitrogen and oxygen atoms in total. The van der Waals surface area contributed by atoms with E-state index in [1.807, 2.05) is 30.2 Å². The van der Waals surface area contributed by atoms with E-state index in [-0.39, 0.29) is 28.9 Å². The van der Waals surface area contributed by atoms with Crippen molar-refractivity contribution in [3.63, 3.8) is 0 Å². The summed E-state index contributed by atoms with van der Waals surface area (Å²) in [7, 11) is 2.00. The van der Waals surface area contributed by atoms with Crippen molar-refractivity contribution in [3.05, 3.63) is 47.0 Å². The molecule has 5 rings (SSSR count). The third-order valence-electron chi connectivity index (χ3n) is 9.61. The average molecular weight is 428 g/mol. The van der Waals surface area contributed by atoms with Crippen molar-refractivity contribution < 1.29 is 9.90 Å². The number of amides is 1. The van der Waals surface area contributed by atoms with Crippen molar-refractivity contribution in [2.45, 2.75) is 64.5 Å². The molecule has 4 heteroatoms. The largest absolute Gasteiger partial charge is 0.393 e. The third-order valence-corrected chi connectivity index (χ3v) is 9.86. The summed E-state index contributed by atoms with van der Waals surface area (Å²) in [6.45, 7) is 4.73. The molecule has 0 bridgehead atoms. The van der Waals surface area contributed by atoms with Crippen molar-refractivity contribution in [1.82, 2.24) is 4.90 Å². The number of carbonyl (C=O) groups is 1. The molecule has 0 aromatic heterocycles. The number of halogens is 1. The molecule has 3 fully saturated rings. The van der Waals surface area contributed by atoms with E-state index in [9.17, 15) is 9.90 Å². The van der Waals surface area contributed by atoms with Crippen LogP contribution in [0.5, 0.6) is 0 Å². The molecule has 30 heavy (non-hydrogen) atoms. The first-order chi connectivity index (χ1) is 14.2. The second kappa shape index (κ2) is 7.10. The predicted octanol–water partition coefficient (Wildman–Crippen LogP) is 5.11. The maximum absolute atomic E-state index is 12.7. The Hall–Kier alpha value is -1.32. The Balaban J connectivity index is 1.54. The van der Waals surface area contributed by atoms with E-state index in [4.69, 9.17) is 11.6 Å². The van der Waals surface area contributed by atoms with Crippen LogP contribution in [0.2, 0.25) is 5.02 Å². The maximum atomic E-state index is 12.7. The summed E-state index contributed by atoms with van der Waals surface area (Å²) in [6.07, 6.45) is 10.4. The van der Waals surface area contributed by atoms with Gasteiger partial charge >= 0.3 is 0 Å². The molecule has 0 radical (unpaired) electrons. The summed E-state index contributed by atoms with van der Waals surface area (Å²) in [5.41, 5.74) is 1.36. The van der Waals surface area contributed by atoms with Gasteiger partial charge < -0.3 is 10.0 Å². The lowest BCUT2D eigenvalue weighted by atomic mass is 9.46. The lowest BCUT2D eigenvalue weighted by molar-refractivity contribution is -0.148. The number of benzene rings is 1. The zero-order valence-electron chi connectivity index (χ0n) is 18.4. The highest BCUT2D eigenvalue weighted by atomic mass is 35.5. The third kappa shape index (κ3) is 2.92. The van der Waals surface area contributed by atoms with Crippen LogP contribution in [0.4, 0.5) is 0 Å². The highest BCUT2D eigenvalue weighted by molar-refractivity contribution is 6.30. The van der Waals surface area contributed by atoms with Gasteiger partial charge in [-0.25, -0.2) is 0 Å². The number of aliphatic hydroxyl groups is 1. The van der Waals surface area contributed by atoms with Gasteiger partial charge in [0.05, 0.1) is 6.10 Å². The smallest absolute Gasteiger partial charge is 0.246 e. The van der Waals surface area contributed by atoms with Gasteiger partial charge in [0.15, 0.2) is 0 Å². The predicted molar refractivity (Wildman–Crippen MR) is 120 cm³/mol. The molecule has 162 valence electrons. The van der Waals surface area contributed by atoms with Crippen molar-refractivity contribution in [3.8, 4) is 0 Å². The standard InChI is InChI=1S/C26H34ClNO2/c1-25-12-10-21-19(20(25)8-9-22(25)29)15-17(14-16-4-6-18(27)7-5-16)24-26(21,2)13-11-23(30)28(24)3/h4-7,11,13,17,19-22,24,29H,8-10,12,14-15H2,1-3H3/t17?,19-,20-,21+,22?,24?,25-,26+/m0/s1. The Bertz CT molecular complexity index is 866. The molecular weight excluding hydrogens is 394 g/mol. The molecule has 0 saturated heterocycles. The second-order valence-corrected chi connectivity index (χ2v) is 11.4. The summed E-state index contributed by atoms with van der Waals surface area (Å²) in [5, 5.41) is 11.6. The first kappa shape index (κ1) is 20.6. The molecular formula is C26H34ClNO2. The van der Waals surface area contributed by atoms with Gasteiger partial charge in [0.1, 0.15) is 0 Å². The topological polar surface area (TPSA) is 40.5 Å². The van der Waals surface area contributed by atoms with Crippen LogP contribution in [-0.2, 0) is 11.2 Å². The summed E-state index contributed by atoms with van der Waals surface area (Å²) in [6, 6.07) is 8.44. The minimum Gasteiger partial charge on any atom is -0.393 e. The molecule has 4 aliphatic rings. The van der Waals surface area contributed by atoms with E-state index in [0.29, 0.717) is 23.7 Å². The Morgan fingerprint density at radius 2 is 1.87 bits per heavy atom. The normalized spacial score (nSPS) is 45.1. The van der Waals surface area contributed by atoms with Crippen molar-refractivity contribution in [2.75, 3.05) is 7.05 Å². The van der Waals surface area contributed by atoms with Crippen molar-refractivity contribution in [2.24, 2.45) is 34.5 Å². The highest BCUT2D eigenvalue weighted by Crippen LogP contribution is 2.65. The molecule has 1 aromatic rings. The Kier molecular flexibility index (Phi) is 4.87. The van der Waals surface area contributed by atoms with Crippen molar-refractivity contribution >= 4 is 17.5 Å². The van der Waals surface area contributed by atoms with Crippen LogP contribution in [0, 0.1) is 34.5 Å². The van der Waals surface area contributed by atoms with Gasteiger partial charge in [-0.15, -0.1) is 0 Å². The van der Waals surface area contributed by atoms with Crippen molar-refractivity contribution in [1.29, 1.82) is 0 Å². The molecule has 8 atom stereocenters. The van der Waals surface area contributed by atoms with E-state index in [2.05, 4.69) is 32.1 Å². The van der Waals surface area contributed by atoms with Crippen LogP contribution < -0.4 is 0 Å². The van der Waals surface area contributed by atoms with Crippen LogP contribution in [-0.4, -0.2) is 35.1 Å². The van der Waals surface area contributed by atoms with Crippen LogP contribution in [0.15, 0.2) is 36.4 Å². The molecule has 1 aromatic carbocycles. The van der Waals surface area contributed by atoms with E-state index in [0.717, 1.165) is 43.5 Å². The lowest BCUT2D eigenvalue weighted by Gasteiger charge is -2.62. The van der Waals surface area contributed by atoms with Gasteiger partial charge in [0, 0.05) is 23.5 Å². The number of nitrogens with zero attached hydrogens (tertiary/aromatic N) is 1. The molecule has 1 heterocycles. The minimum atomic E-state index is -0.158. The van der Waals surface area contributed by atoms with Crippen LogP contribution in [0.1, 0.15) is 51.5 Å². The van der Waals surface area contributed by atoms with E-state index >= 15 is 0 Å². The molecule has 3 unspecified atom stereocenters. The number of fused-ring (bicyclic) bond motifs is 5. The number of hydrogen-bond donors (Lipinski definition) is 1. The zero-order chi connectivity index (χ0) is 21.3. The fourth-order valence-electron chi connectivity index (χ4n) is 8.15. The lowest BCUT2D eigenvalue weighted by Crippen LogP contribution is -2.63. The number of rotatable bonds is 2. The Morgan fingerprint density at radius 1 is 1.13 bits per heavy atom. The molecule has 1 aliphatic heterocycles. The minimum absolute atomic E-state index is 0.00244.